The fourth-order valence-corrected chi connectivity index (χ4v) is 3.83. The number of aryl methyl sites for hydroxylation is 1. The number of carbonyl (C=O) groups excluding carboxylic acids is 2. The lowest BCUT2D eigenvalue weighted by Gasteiger charge is -2.29. The molecule has 0 unspecified atom stereocenters. The van der Waals surface area contributed by atoms with Crippen molar-refractivity contribution in [1.82, 2.24) is 4.90 Å². The van der Waals surface area contributed by atoms with E-state index in [-0.39, 0.29) is 17.9 Å². The van der Waals surface area contributed by atoms with Crippen molar-refractivity contribution in [1.29, 1.82) is 0 Å². The van der Waals surface area contributed by atoms with Crippen LogP contribution in [-0.4, -0.2) is 49.1 Å². The molecule has 1 saturated heterocycles. The van der Waals surface area contributed by atoms with E-state index in [1.165, 1.54) is 4.90 Å². The monoisotopic (exact) mass is 406 g/mol. The van der Waals surface area contributed by atoms with Crippen LogP contribution < -0.4 is 9.64 Å². The summed E-state index contributed by atoms with van der Waals surface area (Å²) in [4.78, 5) is 30.2. The summed E-state index contributed by atoms with van der Waals surface area (Å²) in [5, 5.41) is 0. The predicted octanol–water partition coefficient (Wildman–Crippen LogP) is 3.40. The van der Waals surface area contributed by atoms with Crippen LogP contribution in [0, 0.1) is 6.92 Å². The minimum atomic E-state index is -0.301. The molecular weight excluding hydrogens is 380 g/mol. The minimum Gasteiger partial charge on any atom is -0.491 e. The van der Waals surface area contributed by atoms with E-state index in [2.05, 4.69) is 0 Å². The number of rotatable bonds is 5. The van der Waals surface area contributed by atoms with Crippen molar-refractivity contribution in [3.8, 4) is 5.75 Å². The smallest absolute Gasteiger partial charge is 0.282 e. The maximum atomic E-state index is 13.5. The van der Waals surface area contributed by atoms with Gasteiger partial charge in [-0.3, -0.25) is 9.59 Å². The van der Waals surface area contributed by atoms with Crippen LogP contribution in [-0.2, 0) is 14.3 Å². The van der Waals surface area contributed by atoms with Crippen LogP contribution in [0.1, 0.15) is 25.0 Å². The Labute approximate surface area is 176 Å². The Morgan fingerprint density at radius 3 is 2.30 bits per heavy atom. The first-order chi connectivity index (χ1) is 14.5. The van der Waals surface area contributed by atoms with Crippen molar-refractivity contribution in [2.45, 2.75) is 26.9 Å². The highest BCUT2D eigenvalue weighted by Crippen LogP contribution is 2.35. The van der Waals surface area contributed by atoms with Gasteiger partial charge in [0.25, 0.3) is 11.8 Å². The highest BCUT2D eigenvalue weighted by atomic mass is 16.5. The van der Waals surface area contributed by atoms with Crippen LogP contribution in [0.2, 0.25) is 0 Å². The number of morpholine rings is 1. The van der Waals surface area contributed by atoms with Gasteiger partial charge in [0.1, 0.15) is 11.4 Å². The number of hydrogen-bond donors (Lipinski definition) is 0. The molecule has 2 heterocycles. The van der Waals surface area contributed by atoms with Crippen molar-refractivity contribution >= 4 is 23.1 Å². The third-order valence-corrected chi connectivity index (χ3v) is 5.16. The first-order valence-corrected chi connectivity index (χ1v) is 10.2. The molecule has 0 saturated carbocycles. The number of benzene rings is 2. The Balaban J connectivity index is 1.77. The SMILES string of the molecule is Cc1cccc(N2C(=O)C(c3ccc(OC(C)C)cc3)=C(N3CCOCC3)C2=O)c1. The summed E-state index contributed by atoms with van der Waals surface area (Å²) >= 11 is 0. The van der Waals surface area contributed by atoms with E-state index in [4.69, 9.17) is 9.47 Å². The van der Waals surface area contributed by atoms with Gasteiger partial charge in [-0.1, -0.05) is 24.3 Å². The Hall–Kier alpha value is -3.12. The summed E-state index contributed by atoms with van der Waals surface area (Å²) in [6.07, 6.45) is 0.0606. The normalized spacial score (nSPS) is 17.3. The number of hydrogen-bond acceptors (Lipinski definition) is 5. The molecule has 0 atom stereocenters. The van der Waals surface area contributed by atoms with E-state index in [1.54, 1.807) is 6.07 Å². The highest BCUT2D eigenvalue weighted by molar-refractivity contribution is 6.45. The Morgan fingerprint density at radius 1 is 0.967 bits per heavy atom. The molecule has 2 aliphatic heterocycles. The molecule has 6 nitrogen and oxygen atoms in total. The van der Waals surface area contributed by atoms with Crippen LogP contribution in [0.4, 0.5) is 5.69 Å². The van der Waals surface area contributed by atoms with E-state index in [0.717, 1.165) is 11.3 Å². The molecule has 156 valence electrons. The van der Waals surface area contributed by atoms with Crippen molar-refractivity contribution in [2.75, 3.05) is 31.2 Å². The molecule has 0 radical (unpaired) electrons. The third kappa shape index (κ3) is 3.83. The van der Waals surface area contributed by atoms with Gasteiger partial charge in [0.2, 0.25) is 0 Å². The fraction of sp³-hybridized carbons (Fsp3) is 0.333. The number of ether oxygens (including phenoxy) is 2. The molecule has 0 spiro atoms. The summed E-state index contributed by atoms with van der Waals surface area (Å²) in [5.74, 6) is 0.143. The molecule has 2 aromatic carbocycles. The molecule has 2 amide bonds. The van der Waals surface area contributed by atoms with Crippen LogP contribution in [0.3, 0.4) is 0 Å². The van der Waals surface area contributed by atoms with Gasteiger partial charge in [0.05, 0.1) is 30.6 Å². The van der Waals surface area contributed by atoms with Gasteiger partial charge in [0.15, 0.2) is 0 Å². The molecule has 0 bridgehead atoms. The summed E-state index contributed by atoms with van der Waals surface area (Å²) < 4.78 is 11.2. The summed E-state index contributed by atoms with van der Waals surface area (Å²) in [7, 11) is 0. The molecule has 6 heteroatoms. The lowest BCUT2D eigenvalue weighted by molar-refractivity contribution is -0.121. The largest absolute Gasteiger partial charge is 0.491 e. The fourth-order valence-electron chi connectivity index (χ4n) is 3.83. The third-order valence-electron chi connectivity index (χ3n) is 5.16. The summed E-state index contributed by atoms with van der Waals surface area (Å²) in [5.41, 5.74) is 3.16. The van der Waals surface area contributed by atoms with Gasteiger partial charge < -0.3 is 14.4 Å². The van der Waals surface area contributed by atoms with Gasteiger partial charge in [-0.05, 0) is 56.2 Å². The van der Waals surface area contributed by atoms with Crippen LogP contribution >= 0.6 is 0 Å². The molecule has 2 aliphatic rings. The first-order valence-electron chi connectivity index (χ1n) is 10.2. The van der Waals surface area contributed by atoms with Gasteiger partial charge in [-0.15, -0.1) is 0 Å². The van der Waals surface area contributed by atoms with Gasteiger partial charge in [0, 0.05) is 13.1 Å². The molecule has 30 heavy (non-hydrogen) atoms. The van der Waals surface area contributed by atoms with Crippen LogP contribution in [0.25, 0.3) is 5.57 Å². The maximum Gasteiger partial charge on any atom is 0.282 e. The molecule has 0 N–H and O–H groups in total. The molecule has 0 aliphatic carbocycles. The van der Waals surface area contributed by atoms with E-state index in [9.17, 15) is 9.59 Å². The van der Waals surface area contributed by atoms with E-state index in [0.29, 0.717) is 48.8 Å². The number of nitrogens with zero attached hydrogens (tertiary/aromatic N) is 2. The number of anilines is 1. The van der Waals surface area contributed by atoms with E-state index < -0.39 is 0 Å². The predicted molar refractivity (Wildman–Crippen MR) is 115 cm³/mol. The van der Waals surface area contributed by atoms with Gasteiger partial charge >= 0.3 is 0 Å². The standard InChI is InChI=1S/C24H26N2O4/c1-16(2)30-20-9-7-18(8-10-20)21-22(25-11-13-29-14-12-25)24(28)26(23(21)27)19-6-4-5-17(3)15-19/h4-10,15-16H,11-14H2,1-3H3. The van der Waals surface area contributed by atoms with Crippen molar-refractivity contribution < 1.29 is 19.1 Å². The quantitative estimate of drug-likeness (QED) is 0.713. The average Bonchev–Trinajstić information content (AvgIpc) is 2.99. The minimum absolute atomic E-state index is 0.0606. The Bertz CT molecular complexity index is 989. The van der Waals surface area contributed by atoms with Crippen LogP contribution in [0.15, 0.2) is 54.2 Å². The average molecular weight is 406 g/mol. The summed E-state index contributed by atoms with van der Waals surface area (Å²) in [6.45, 7) is 8.09. The summed E-state index contributed by atoms with van der Waals surface area (Å²) in [6, 6.07) is 14.8. The van der Waals surface area contributed by atoms with Crippen molar-refractivity contribution in [3.63, 3.8) is 0 Å². The second-order valence-corrected chi connectivity index (χ2v) is 7.80. The molecule has 4 rings (SSSR count). The van der Waals surface area contributed by atoms with E-state index >= 15 is 0 Å². The number of amides is 2. The van der Waals surface area contributed by atoms with Crippen molar-refractivity contribution in [2.24, 2.45) is 0 Å². The maximum absolute atomic E-state index is 13.5. The zero-order chi connectivity index (χ0) is 21.3. The van der Waals surface area contributed by atoms with Crippen molar-refractivity contribution in [3.05, 3.63) is 65.4 Å². The molecule has 0 aromatic heterocycles. The van der Waals surface area contributed by atoms with Gasteiger partial charge in [-0.25, -0.2) is 4.90 Å². The molecule has 1 fully saturated rings. The lowest BCUT2D eigenvalue weighted by atomic mass is 10.0. The van der Waals surface area contributed by atoms with Gasteiger partial charge in [-0.2, -0.15) is 0 Å². The number of carbonyl (C=O) groups is 2. The Kier molecular flexibility index (Phi) is 5.59. The zero-order valence-corrected chi connectivity index (χ0v) is 17.6. The zero-order valence-electron chi connectivity index (χ0n) is 17.6. The lowest BCUT2D eigenvalue weighted by Crippen LogP contribution is -2.40. The topological polar surface area (TPSA) is 59.1 Å². The first kappa shape index (κ1) is 20.2. The molecule has 2 aromatic rings. The second kappa shape index (κ2) is 8.32. The molecular formula is C24H26N2O4. The number of imide groups is 1. The van der Waals surface area contributed by atoms with Crippen LogP contribution in [0.5, 0.6) is 5.75 Å². The van der Waals surface area contributed by atoms with E-state index in [1.807, 2.05) is 68.1 Å². The second-order valence-electron chi connectivity index (χ2n) is 7.80. The highest BCUT2D eigenvalue weighted by Gasteiger charge is 2.42. The Morgan fingerprint density at radius 2 is 1.67 bits per heavy atom.